The minimum Gasteiger partial charge on any atom is -0.271 e. The maximum absolute atomic E-state index is 14.1. The molecular formula is C33H28Cl2N6O3. The average molecular weight is 628 g/mol. The van der Waals surface area contributed by atoms with Crippen LogP contribution in [0.5, 0.6) is 0 Å². The first-order valence-corrected chi connectivity index (χ1v) is 15.3. The molecule has 3 amide bonds. The molecule has 4 aliphatic rings. The van der Waals surface area contributed by atoms with E-state index >= 15 is 0 Å². The fourth-order valence-electron chi connectivity index (χ4n) is 6.47. The van der Waals surface area contributed by atoms with Gasteiger partial charge in [-0.2, -0.15) is 10.2 Å². The van der Waals surface area contributed by atoms with E-state index in [1.165, 1.54) is 10.0 Å². The molecule has 0 aromatic heterocycles. The van der Waals surface area contributed by atoms with Crippen molar-refractivity contribution in [3.63, 3.8) is 0 Å². The molecule has 0 bridgehead atoms. The van der Waals surface area contributed by atoms with Crippen molar-refractivity contribution in [3.8, 4) is 0 Å². The zero-order valence-electron chi connectivity index (χ0n) is 23.8. The Hall–Kier alpha value is -4.34. The van der Waals surface area contributed by atoms with Crippen LogP contribution >= 0.6 is 23.2 Å². The summed E-state index contributed by atoms with van der Waals surface area (Å²) in [6.07, 6.45) is 4.75. The summed E-state index contributed by atoms with van der Waals surface area (Å²) in [4.78, 5) is 41.9. The largest absolute Gasteiger partial charge is 0.271 e. The Morgan fingerprint density at radius 2 is 1.59 bits per heavy atom. The molecule has 3 aromatic carbocycles. The van der Waals surface area contributed by atoms with Crippen molar-refractivity contribution in [1.29, 1.82) is 0 Å². The van der Waals surface area contributed by atoms with Crippen molar-refractivity contribution in [1.82, 2.24) is 10.0 Å². The van der Waals surface area contributed by atoms with Gasteiger partial charge in [0.2, 0.25) is 0 Å². The second kappa shape index (κ2) is 11.3. The van der Waals surface area contributed by atoms with Crippen LogP contribution in [0.25, 0.3) is 6.08 Å². The Labute approximate surface area is 264 Å². The molecule has 0 radical (unpaired) electrons. The van der Waals surface area contributed by atoms with Gasteiger partial charge in [-0.25, -0.2) is 9.91 Å². The fourth-order valence-corrected chi connectivity index (χ4v) is 6.73. The number of benzene rings is 3. The molecule has 1 aliphatic carbocycles. The summed E-state index contributed by atoms with van der Waals surface area (Å²) in [5.41, 5.74) is 5.35. The molecule has 0 unspecified atom stereocenters. The van der Waals surface area contributed by atoms with E-state index in [-0.39, 0.29) is 24.4 Å². The van der Waals surface area contributed by atoms with Gasteiger partial charge in [0.25, 0.3) is 17.7 Å². The molecule has 0 spiro atoms. The van der Waals surface area contributed by atoms with Crippen molar-refractivity contribution in [3.05, 3.63) is 105 Å². The van der Waals surface area contributed by atoms with Gasteiger partial charge in [0.05, 0.1) is 17.4 Å². The number of carbonyl (C=O) groups is 3. The lowest BCUT2D eigenvalue weighted by atomic mass is 9.77. The first-order valence-electron chi connectivity index (χ1n) is 14.5. The summed E-state index contributed by atoms with van der Waals surface area (Å²) in [6, 6.07) is 19.9. The van der Waals surface area contributed by atoms with Gasteiger partial charge in [-0.05, 0) is 85.4 Å². The Kier molecular flexibility index (Phi) is 7.30. The van der Waals surface area contributed by atoms with Gasteiger partial charge in [-0.1, -0.05) is 70.4 Å². The summed E-state index contributed by atoms with van der Waals surface area (Å²) < 4.78 is 0. The second-order valence-electron chi connectivity index (χ2n) is 11.5. The molecular weight excluding hydrogens is 599 g/mol. The number of amides is 3. The van der Waals surface area contributed by atoms with E-state index in [4.69, 9.17) is 28.3 Å². The molecule has 0 N–H and O–H groups in total. The van der Waals surface area contributed by atoms with Crippen molar-refractivity contribution >= 4 is 58.4 Å². The number of hydrazone groups is 1. The minimum absolute atomic E-state index is 0.0212. The number of imide groups is 1. The van der Waals surface area contributed by atoms with Crippen LogP contribution in [0.3, 0.4) is 0 Å². The molecule has 9 nitrogen and oxygen atoms in total. The van der Waals surface area contributed by atoms with Crippen molar-refractivity contribution in [2.45, 2.75) is 44.3 Å². The van der Waals surface area contributed by atoms with E-state index in [1.807, 2.05) is 67.6 Å². The van der Waals surface area contributed by atoms with Crippen molar-refractivity contribution < 1.29 is 14.4 Å². The maximum atomic E-state index is 14.1. The highest BCUT2D eigenvalue weighted by Gasteiger charge is 2.55. The number of allylic oxidation sites excluding steroid dienone is 1. The van der Waals surface area contributed by atoms with E-state index in [2.05, 4.69) is 16.4 Å². The zero-order valence-corrected chi connectivity index (χ0v) is 25.3. The standard InChI is InChI=1S/C33H28Cl2N6O3/c1-19-5-15-25(16-6-19)40-32(43)29-31(33(40)44)39(38-36-29)18-27(42)41-30(21-9-13-24(35)14-10-21)26-4-2-3-22(28(26)37-41)17-20-7-11-23(34)12-8-20/h5-17,26,29-31H,2-4,18H2,1H3/b22-17+/t26-,29+,30+,31+/m0/s1. The molecule has 1 saturated carbocycles. The van der Waals surface area contributed by atoms with E-state index < -0.39 is 23.9 Å². The number of nitrogens with zero attached hydrogens (tertiary/aromatic N) is 6. The minimum atomic E-state index is -0.995. The molecule has 222 valence electrons. The van der Waals surface area contributed by atoms with E-state index in [1.54, 1.807) is 12.1 Å². The fraction of sp³-hybridized carbons (Fsp3) is 0.273. The molecule has 7 rings (SSSR count). The van der Waals surface area contributed by atoms with E-state index in [9.17, 15) is 14.4 Å². The van der Waals surface area contributed by atoms with Gasteiger partial charge in [0.1, 0.15) is 6.54 Å². The van der Waals surface area contributed by atoms with Gasteiger partial charge in [-0.15, -0.1) is 0 Å². The molecule has 11 heteroatoms. The lowest BCUT2D eigenvalue weighted by molar-refractivity contribution is -0.136. The van der Waals surface area contributed by atoms with Gasteiger partial charge >= 0.3 is 0 Å². The predicted molar refractivity (Wildman–Crippen MR) is 168 cm³/mol. The summed E-state index contributed by atoms with van der Waals surface area (Å²) in [6.45, 7) is 1.68. The summed E-state index contributed by atoms with van der Waals surface area (Å²) >= 11 is 12.3. The highest BCUT2D eigenvalue weighted by atomic mass is 35.5. The van der Waals surface area contributed by atoms with Crippen LogP contribution in [0.1, 0.15) is 42.0 Å². The first-order chi connectivity index (χ1) is 21.3. The quantitative estimate of drug-likeness (QED) is 0.305. The monoisotopic (exact) mass is 626 g/mol. The normalized spacial score (nSPS) is 25.1. The smallest absolute Gasteiger partial charge is 0.264 e. The summed E-state index contributed by atoms with van der Waals surface area (Å²) in [5.74, 6) is -1.27. The molecule has 3 aromatic rings. The predicted octanol–water partition coefficient (Wildman–Crippen LogP) is 6.42. The first kappa shape index (κ1) is 28.4. The average Bonchev–Trinajstić information content (AvgIpc) is 3.69. The second-order valence-corrected chi connectivity index (χ2v) is 12.4. The Bertz CT molecular complexity index is 1740. The van der Waals surface area contributed by atoms with Crippen LogP contribution < -0.4 is 4.90 Å². The van der Waals surface area contributed by atoms with Crippen molar-refractivity contribution in [2.24, 2.45) is 21.4 Å². The highest BCUT2D eigenvalue weighted by Crippen LogP contribution is 2.45. The number of halogens is 2. The molecule has 44 heavy (non-hydrogen) atoms. The van der Waals surface area contributed by atoms with Gasteiger partial charge in [0.15, 0.2) is 12.1 Å². The highest BCUT2D eigenvalue weighted by molar-refractivity contribution is 6.31. The number of hydrogen-bond acceptors (Lipinski definition) is 7. The topological polar surface area (TPSA) is 98.0 Å². The zero-order chi connectivity index (χ0) is 30.5. The Morgan fingerprint density at radius 3 is 2.30 bits per heavy atom. The van der Waals surface area contributed by atoms with Crippen LogP contribution in [-0.4, -0.2) is 52.1 Å². The van der Waals surface area contributed by atoms with Crippen LogP contribution in [0.15, 0.2) is 93.8 Å². The van der Waals surface area contributed by atoms with Gasteiger partial charge < -0.3 is 0 Å². The molecule has 2 fully saturated rings. The van der Waals surface area contributed by atoms with E-state index in [0.29, 0.717) is 15.7 Å². The van der Waals surface area contributed by atoms with Crippen molar-refractivity contribution in [2.75, 3.05) is 11.4 Å². The third-order valence-electron chi connectivity index (χ3n) is 8.63. The van der Waals surface area contributed by atoms with Gasteiger partial charge in [-0.3, -0.25) is 19.4 Å². The van der Waals surface area contributed by atoms with Crippen LogP contribution in [-0.2, 0) is 14.4 Å². The number of aryl methyl sites for hydroxylation is 1. The molecule has 1 saturated heterocycles. The van der Waals surface area contributed by atoms with Crippen LogP contribution in [0.4, 0.5) is 5.69 Å². The lowest BCUT2D eigenvalue weighted by Crippen LogP contribution is -2.45. The Balaban J connectivity index is 1.18. The third kappa shape index (κ3) is 5.00. The van der Waals surface area contributed by atoms with Gasteiger partial charge in [0, 0.05) is 16.0 Å². The summed E-state index contributed by atoms with van der Waals surface area (Å²) in [7, 11) is 0. The van der Waals surface area contributed by atoms with E-state index in [0.717, 1.165) is 52.1 Å². The summed E-state index contributed by atoms with van der Waals surface area (Å²) in [5, 5.41) is 17.3. The number of rotatable bonds is 5. The number of hydrogen-bond donors (Lipinski definition) is 0. The number of anilines is 1. The molecule has 3 aliphatic heterocycles. The Morgan fingerprint density at radius 1 is 0.909 bits per heavy atom. The SMILES string of the molecule is Cc1ccc(N2C(=O)[C@@H]3N=NN(CC(=O)N4N=C5/C(=C/c6ccc(Cl)cc6)CCC[C@@H]5[C@H]4c4ccc(Cl)cc4)[C@H]3C2=O)cc1. The third-order valence-corrected chi connectivity index (χ3v) is 9.13. The maximum Gasteiger partial charge on any atom is 0.264 e. The van der Waals surface area contributed by atoms with Crippen LogP contribution in [0, 0.1) is 12.8 Å². The molecule has 4 atom stereocenters. The molecule has 3 heterocycles. The number of fused-ring (bicyclic) bond motifs is 2. The van der Waals surface area contributed by atoms with Crippen LogP contribution in [0.2, 0.25) is 10.0 Å². The number of carbonyl (C=O) groups excluding carboxylic acids is 3. The lowest BCUT2D eigenvalue weighted by Gasteiger charge is -2.30.